The summed E-state index contributed by atoms with van der Waals surface area (Å²) in [5.41, 5.74) is 4.59. The Labute approximate surface area is 120 Å². The average molecular weight is 264 g/mol. The van der Waals surface area contributed by atoms with Gasteiger partial charge < -0.3 is 5.32 Å². The molecule has 1 aromatic heterocycles. The maximum absolute atomic E-state index is 4.72. The molecule has 1 aliphatic heterocycles. The molecule has 4 rings (SSSR count). The summed E-state index contributed by atoms with van der Waals surface area (Å²) in [4.78, 5) is 4.72. The third kappa shape index (κ3) is 1.79. The van der Waals surface area contributed by atoms with E-state index in [0.29, 0.717) is 5.92 Å². The second kappa shape index (κ2) is 4.71. The molecule has 1 fully saturated rings. The predicted molar refractivity (Wildman–Crippen MR) is 80.7 cm³/mol. The number of hydrogen-bond donors (Lipinski definition) is 1. The van der Waals surface area contributed by atoms with Crippen LogP contribution in [0.5, 0.6) is 0 Å². The van der Waals surface area contributed by atoms with Crippen molar-refractivity contribution in [2.24, 2.45) is 5.92 Å². The van der Waals surface area contributed by atoms with Gasteiger partial charge in [-0.2, -0.15) is 0 Å². The maximum atomic E-state index is 4.72. The van der Waals surface area contributed by atoms with Crippen LogP contribution in [-0.2, 0) is 18.3 Å². The Bertz CT molecular complexity index is 608. The van der Waals surface area contributed by atoms with Crippen LogP contribution in [0.25, 0.3) is 0 Å². The van der Waals surface area contributed by atoms with Crippen molar-refractivity contribution in [3.8, 4) is 0 Å². The number of aromatic nitrogens is 1. The van der Waals surface area contributed by atoms with E-state index in [4.69, 9.17) is 4.98 Å². The molecular formula is C18H20N2. The average Bonchev–Trinajstić information content (AvgIpc) is 2.53. The second-order valence-corrected chi connectivity index (χ2v) is 6.17. The van der Waals surface area contributed by atoms with Crippen LogP contribution in [0, 0.1) is 5.92 Å². The molecule has 0 radical (unpaired) electrons. The molecule has 1 aromatic carbocycles. The summed E-state index contributed by atoms with van der Waals surface area (Å²) in [6, 6.07) is 15.3. The quantitative estimate of drug-likeness (QED) is 0.856. The van der Waals surface area contributed by atoms with E-state index in [0.717, 1.165) is 19.5 Å². The molecule has 1 saturated heterocycles. The summed E-state index contributed by atoms with van der Waals surface area (Å²) in [6.45, 7) is 2.22. The van der Waals surface area contributed by atoms with Crippen LogP contribution in [0.1, 0.15) is 23.2 Å². The lowest BCUT2D eigenvalue weighted by molar-refractivity contribution is 0.178. The lowest BCUT2D eigenvalue weighted by Crippen LogP contribution is -2.52. The van der Waals surface area contributed by atoms with Crippen LogP contribution in [0.4, 0.5) is 0 Å². The molecule has 2 atom stereocenters. The van der Waals surface area contributed by atoms with Crippen molar-refractivity contribution in [2.45, 2.75) is 24.7 Å². The first-order valence-electron chi connectivity index (χ1n) is 7.57. The maximum Gasteiger partial charge on any atom is 0.0472 e. The highest BCUT2D eigenvalue weighted by atomic mass is 14.9. The van der Waals surface area contributed by atoms with Gasteiger partial charge in [-0.25, -0.2) is 0 Å². The van der Waals surface area contributed by atoms with Gasteiger partial charge in [-0.05, 0) is 61.5 Å². The van der Waals surface area contributed by atoms with Gasteiger partial charge in [0.15, 0.2) is 0 Å². The Balaban J connectivity index is 1.83. The van der Waals surface area contributed by atoms with Gasteiger partial charge >= 0.3 is 0 Å². The molecule has 2 aromatic rings. The first-order chi connectivity index (χ1) is 9.88. The minimum atomic E-state index is 0.237. The van der Waals surface area contributed by atoms with Gasteiger partial charge in [0.05, 0.1) is 0 Å². The monoisotopic (exact) mass is 264 g/mol. The highest BCUT2D eigenvalue weighted by molar-refractivity contribution is 5.37. The van der Waals surface area contributed by atoms with Crippen molar-refractivity contribution in [3.05, 3.63) is 65.5 Å². The SMILES string of the molecule is c1ccc(C23CCNCC2Cc2ccccc2C3)nc1. The number of fused-ring (bicyclic) bond motifs is 2. The molecule has 1 N–H and O–H groups in total. The molecule has 0 spiro atoms. The fourth-order valence-corrected chi connectivity index (χ4v) is 4.11. The Morgan fingerprint density at radius 3 is 2.75 bits per heavy atom. The Morgan fingerprint density at radius 2 is 1.90 bits per heavy atom. The zero-order chi connectivity index (χ0) is 13.4. The lowest BCUT2D eigenvalue weighted by Gasteiger charge is -2.48. The molecule has 102 valence electrons. The van der Waals surface area contributed by atoms with Gasteiger partial charge in [0.25, 0.3) is 0 Å². The first kappa shape index (κ1) is 12.1. The summed E-state index contributed by atoms with van der Waals surface area (Å²) >= 11 is 0. The highest BCUT2D eigenvalue weighted by Gasteiger charge is 2.45. The zero-order valence-electron chi connectivity index (χ0n) is 11.7. The normalized spacial score (nSPS) is 28.5. The molecule has 2 heterocycles. The Hall–Kier alpha value is -1.67. The van der Waals surface area contributed by atoms with Gasteiger partial charge in [-0.3, -0.25) is 4.98 Å². The molecular weight excluding hydrogens is 244 g/mol. The van der Waals surface area contributed by atoms with E-state index in [9.17, 15) is 0 Å². The molecule has 1 aliphatic carbocycles. The van der Waals surface area contributed by atoms with Crippen molar-refractivity contribution in [1.29, 1.82) is 0 Å². The van der Waals surface area contributed by atoms with Crippen molar-refractivity contribution >= 4 is 0 Å². The molecule has 20 heavy (non-hydrogen) atoms. The summed E-state index contributed by atoms with van der Waals surface area (Å²) in [6.07, 6.45) is 5.47. The topological polar surface area (TPSA) is 24.9 Å². The standard InChI is InChI=1S/C18H20N2/c1-2-6-15-12-18(17-7-3-4-9-20-17)8-10-19-13-16(18)11-14(15)5-1/h1-7,9,16,19H,8,10-13H2. The summed E-state index contributed by atoms with van der Waals surface area (Å²) in [7, 11) is 0. The smallest absolute Gasteiger partial charge is 0.0472 e. The summed E-state index contributed by atoms with van der Waals surface area (Å²) < 4.78 is 0. The van der Waals surface area contributed by atoms with E-state index in [-0.39, 0.29) is 5.41 Å². The fourth-order valence-electron chi connectivity index (χ4n) is 4.11. The molecule has 2 heteroatoms. The zero-order valence-corrected chi connectivity index (χ0v) is 11.7. The first-order valence-corrected chi connectivity index (χ1v) is 7.57. The summed E-state index contributed by atoms with van der Waals surface area (Å²) in [5, 5.41) is 3.58. The number of benzene rings is 1. The van der Waals surface area contributed by atoms with Gasteiger partial charge in [0.1, 0.15) is 0 Å². The highest BCUT2D eigenvalue weighted by Crippen LogP contribution is 2.45. The van der Waals surface area contributed by atoms with Gasteiger partial charge in [0.2, 0.25) is 0 Å². The Morgan fingerprint density at radius 1 is 1.05 bits per heavy atom. The van der Waals surface area contributed by atoms with Gasteiger partial charge in [-0.1, -0.05) is 30.3 Å². The van der Waals surface area contributed by atoms with Crippen molar-refractivity contribution in [3.63, 3.8) is 0 Å². The predicted octanol–water partition coefficient (Wildman–Crippen LogP) is 2.73. The van der Waals surface area contributed by atoms with E-state index in [1.807, 2.05) is 12.3 Å². The van der Waals surface area contributed by atoms with Crippen LogP contribution in [0.2, 0.25) is 0 Å². The number of nitrogens with zero attached hydrogens (tertiary/aromatic N) is 1. The van der Waals surface area contributed by atoms with E-state index < -0.39 is 0 Å². The summed E-state index contributed by atoms with van der Waals surface area (Å²) in [5.74, 6) is 0.668. The lowest BCUT2D eigenvalue weighted by atomic mass is 9.59. The largest absolute Gasteiger partial charge is 0.316 e. The van der Waals surface area contributed by atoms with Crippen LogP contribution >= 0.6 is 0 Å². The van der Waals surface area contributed by atoms with Crippen LogP contribution < -0.4 is 5.32 Å². The second-order valence-electron chi connectivity index (χ2n) is 6.17. The van der Waals surface area contributed by atoms with Crippen LogP contribution in [-0.4, -0.2) is 18.1 Å². The minimum absolute atomic E-state index is 0.237. The van der Waals surface area contributed by atoms with E-state index in [1.54, 1.807) is 0 Å². The number of pyridine rings is 1. The minimum Gasteiger partial charge on any atom is -0.316 e. The molecule has 0 saturated carbocycles. The fraction of sp³-hybridized carbons (Fsp3) is 0.389. The number of hydrogen-bond acceptors (Lipinski definition) is 2. The van der Waals surface area contributed by atoms with Crippen LogP contribution in [0.15, 0.2) is 48.7 Å². The molecule has 2 aliphatic rings. The van der Waals surface area contributed by atoms with E-state index in [1.165, 1.54) is 29.7 Å². The molecule has 2 nitrogen and oxygen atoms in total. The Kier molecular flexibility index (Phi) is 2.85. The van der Waals surface area contributed by atoms with Crippen molar-refractivity contribution < 1.29 is 0 Å². The third-order valence-electron chi connectivity index (χ3n) is 5.19. The number of nitrogens with one attached hydrogen (secondary N) is 1. The van der Waals surface area contributed by atoms with Crippen molar-refractivity contribution in [2.75, 3.05) is 13.1 Å². The van der Waals surface area contributed by atoms with E-state index >= 15 is 0 Å². The van der Waals surface area contributed by atoms with E-state index in [2.05, 4.69) is 41.7 Å². The van der Waals surface area contributed by atoms with Crippen molar-refractivity contribution in [1.82, 2.24) is 10.3 Å². The third-order valence-corrected chi connectivity index (χ3v) is 5.19. The van der Waals surface area contributed by atoms with Crippen LogP contribution in [0.3, 0.4) is 0 Å². The number of piperidine rings is 1. The van der Waals surface area contributed by atoms with Gasteiger partial charge in [-0.15, -0.1) is 0 Å². The molecule has 0 bridgehead atoms. The molecule has 0 amide bonds. The molecule has 2 unspecified atom stereocenters. The van der Waals surface area contributed by atoms with Gasteiger partial charge in [0, 0.05) is 17.3 Å². The number of rotatable bonds is 1.